The smallest absolute Gasteiger partial charge is 0.266 e. The number of amides is 1. The molecule has 2 aromatic heterocycles. The van der Waals surface area contributed by atoms with Crippen molar-refractivity contribution in [3.05, 3.63) is 76.3 Å². The van der Waals surface area contributed by atoms with Gasteiger partial charge in [0, 0.05) is 54.1 Å². The van der Waals surface area contributed by atoms with Crippen LogP contribution in [0.15, 0.2) is 60.8 Å². The van der Waals surface area contributed by atoms with Crippen molar-refractivity contribution in [2.24, 2.45) is 5.73 Å². The van der Waals surface area contributed by atoms with Crippen LogP contribution in [0.5, 0.6) is 5.75 Å². The van der Waals surface area contributed by atoms with Crippen LogP contribution in [-0.2, 0) is 6.54 Å². The summed E-state index contributed by atoms with van der Waals surface area (Å²) in [6, 6.07) is 18.4. The standard InChI is InChI=1S/C30H32ClN3O2S.CH5N/c1-33(2)27-16-14-21(18-32-27)20-13-15-25(36-3)22(17-20)19-34(23-9-5-4-6-10-23)30(35)29-28(31)24-11-7-8-12-26(24)37-29;1-2/h7-8,11-18,23H,4-6,9-10,19H2,1-3H3;2H2,1H3. The highest BCUT2D eigenvalue weighted by molar-refractivity contribution is 7.21. The van der Waals surface area contributed by atoms with Gasteiger partial charge in [0.15, 0.2) is 0 Å². The number of pyridine rings is 1. The lowest BCUT2D eigenvalue weighted by Crippen LogP contribution is -2.40. The highest BCUT2D eigenvalue weighted by Gasteiger charge is 2.30. The molecule has 2 N–H and O–H groups in total. The summed E-state index contributed by atoms with van der Waals surface area (Å²) in [6.07, 6.45) is 7.39. The van der Waals surface area contributed by atoms with Crippen molar-refractivity contribution >= 4 is 44.7 Å². The van der Waals surface area contributed by atoms with E-state index in [1.807, 2.05) is 72.6 Å². The first-order valence-corrected chi connectivity index (χ1v) is 14.5. The lowest BCUT2D eigenvalue weighted by atomic mass is 9.93. The molecular weight excluding hydrogens is 528 g/mol. The van der Waals surface area contributed by atoms with Gasteiger partial charge in [0.1, 0.15) is 16.4 Å². The molecule has 4 aromatic rings. The van der Waals surface area contributed by atoms with Gasteiger partial charge in [-0.2, -0.15) is 0 Å². The molecule has 1 fully saturated rings. The van der Waals surface area contributed by atoms with Crippen LogP contribution in [0.1, 0.15) is 47.3 Å². The summed E-state index contributed by atoms with van der Waals surface area (Å²) in [5.74, 6) is 1.69. The molecule has 206 valence electrons. The number of carbonyl (C=O) groups excluding carboxylic acids is 1. The first-order valence-electron chi connectivity index (χ1n) is 13.3. The number of methoxy groups -OCH3 is 1. The van der Waals surface area contributed by atoms with E-state index < -0.39 is 0 Å². The van der Waals surface area contributed by atoms with Crippen LogP contribution in [0.2, 0.25) is 5.02 Å². The number of nitrogens with two attached hydrogens (primary N) is 1. The van der Waals surface area contributed by atoms with E-state index in [0.29, 0.717) is 16.4 Å². The Morgan fingerprint density at radius 1 is 1.05 bits per heavy atom. The molecule has 1 amide bonds. The van der Waals surface area contributed by atoms with Crippen LogP contribution in [0.25, 0.3) is 21.2 Å². The molecule has 0 spiro atoms. The average molecular weight is 565 g/mol. The summed E-state index contributed by atoms with van der Waals surface area (Å²) in [5, 5.41) is 1.49. The Labute approximate surface area is 240 Å². The van der Waals surface area contributed by atoms with Gasteiger partial charge < -0.3 is 20.3 Å². The van der Waals surface area contributed by atoms with Crippen LogP contribution in [0.4, 0.5) is 5.82 Å². The van der Waals surface area contributed by atoms with Crippen LogP contribution < -0.4 is 15.4 Å². The first kappa shape index (κ1) is 28.9. The van der Waals surface area contributed by atoms with Gasteiger partial charge in [-0.3, -0.25) is 4.79 Å². The third kappa shape index (κ3) is 6.38. The molecule has 1 aliphatic rings. The van der Waals surface area contributed by atoms with Crippen molar-refractivity contribution in [2.45, 2.75) is 44.7 Å². The number of hydrogen-bond donors (Lipinski definition) is 1. The fourth-order valence-corrected chi connectivity index (χ4v) is 6.60. The van der Waals surface area contributed by atoms with Crippen molar-refractivity contribution in [2.75, 3.05) is 33.2 Å². The number of aromatic nitrogens is 1. The van der Waals surface area contributed by atoms with Gasteiger partial charge in [-0.25, -0.2) is 4.98 Å². The quantitative estimate of drug-likeness (QED) is 0.256. The molecular formula is C31H37ClN4O2S. The van der Waals surface area contributed by atoms with Crippen molar-refractivity contribution in [1.82, 2.24) is 9.88 Å². The summed E-state index contributed by atoms with van der Waals surface area (Å²) in [7, 11) is 7.14. The molecule has 2 heterocycles. The molecule has 0 radical (unpaired) electrons. The second-order valence-electron chi connectivity index (χ2n) is 9.79. The summed E-state index contributed by atoms with van der Waals surface area (Å²) < 4.78 is 6.78. The number of rotatable bonds is 7. The van der Waals surface area contributed by atoms with E-state index in [1.165, 1.54) is 24.8 Å². The van der Waals surface area contributed by atoms with E-state index >= 15 is 0 Å². The Morgan fingerprint density at radius 2 is 1.77 bits per heavy atom. The van der Waals surface area contributed by atoms with Gasteiger partial charge in [0.2, 0.25) is 0 Å². The average Bonchev–Trinajstić information content (AvgIpc) is 3.33. The van der Waals surface area contributed by atoms with Gasteiger partial charge in [-0.15, -0.1) is 11.3 Å². The van der Waals surface area contributed by atoms with E-state index in [4.69, 9.17) is 16.3 Å². The fourth-order valence-electron chi connectivity index (χ4n) is 5.13. The Kier molecular flexibility index (Phi) is 9.83. The number of fused-ring (bicyclic) bond motifs is 1. The SMILES string of the molecule is CN.COc1ccc(-c2ccc(N(C)C)nc2)cc1CN(C(=O)c1sc2ccccc2c1Cl)C1CCCCC1. The maximum Gasteiger partial charge on any atom is 0.266 e. The van der Waals surface area contributed by atoms with E-state index in [9.17, 15) is 4.79 Å². The van der Waals surface area contributed by atoms with Crippen LogP contribution in [0, 0.1) is 0 Å². The number of ether oxygens (including phenoxy) is 1. The van der Waals surface area contributed by atoms with Gasteiger partial charge in [0.25, 0.3) is 5.91 Å². The summed E-state index contributed by atoms with van der Waals surface area (Å²) in [4.78, 5) is 23.3. The Morgan fingerprint density at radius 3 is 2.41 bits per heavy atom. The molecule has 6 nitrogen and oxygen atoms in total. The van der Waals surface area contributed by atoms with Gasteiger partial charge in [-0.1, -0.05) is 55.1 Å². The Balaban J connectivity index is 0.00000172. The monoisotopic (exact) mass is 564 g/mol. The molecule has 0 atom stereocenters. The number of carbonyl (C=O) groups is 1. The zero-order chi connectivity index (χ0) is 27.9. The molecule has 5 rings (SSSR count). The predicted octanol–water partition coefficient (Wildman–Crippen LogP) is 7.24. The second-order valence-corrected chi connectivity index (χ2v) is 11.2. The summed E-state index contributed by atoms with van der Waals surface area (Å²) in [6.45, 7) is 0.467. The van der Waals surface area contributed by atoms with Gasteiger partial charge >= 0.3 is 0 Å². The number of halogens is 1. The summed E-state index contributed by atoms with van der Waals surface area (Å²) >= 11 is 8.25. The number of thiophene rings is 1. The zero-order valence-electron chi connectivity index (χ0n) is 23.1. The minimum Gasteiger partial charge on any atom is -0.496 e. The lowest BCUT2D eigenvalue weighted by molar-refractivity contribution is 0.0618. The number of benzene rings is 2. The maximum absolute atomic E-state index is 14.1. The minimum absolute atomic E-state index is 0.00237. The molecule has 1 aliphatic carbocycles. The van der Waals surface area contributed by atoms with Crippen molar-refractivity contribution in [1.29, 1.82) is 0 Å². The largest absolute Gasteiger partial charge is 0.496 e. The fraction of sp³-hybridized carbons (Fsp3) is 0.355. The molecule has 2 aromatic carbocycles. The highest BCUT2D eigenvalue weighted by atomic mass is 35.5. The normalized spacial score (nSPS) is 13.5. The van der Waals surface area contributed by atoms with E-state index in [2.05, 4.69) is 22.9 Å². The highest BCUT2D eigenvalue weighted by Crippen LogP contribution is 2.38. The molecule has 0 saturated heterocycles. The minimum atomic E-state index is 0.00237. The molecule has 0 bridgehead atoms. The van der Waals surface area contributed by atoms with Crippen molar-refractivity contribution < 1.29 is 9.53 Å². The molecule has 1 saturated carbocycles. The van der Waals surface area contributed by atoms with Crippen LogP contribution >= 0.6 is 22.9 Å². The number of nitrogens with zero attached hydrogens (tertiary/aromatic N) is 3. The van der Waals surface area contributed by atoms with Crippen molar-refractivity contribution in [3.63, 3.8) is 0 Å². The molecule has 8 heteroatoms. The van der Waals surface area contributed by atoms with E-state index in [-0.39, 0.29) is 11.9 Å². The number of hydrogen-bond acceptors (Lipinski definition) is 6. The first-order chi connectivity index (χ1) is 19.0. The Hall–Kier alpha value is -3.13. The van der Waals surface area contributed by atoms with Crippen LogP contribution in [-0.4, -0.2) is 50.1 Å². The summed E-state index contributed by atoms with van der Waals surface area (Å²) in [5.41, 5.74) is 7.55. The van der Waals surface area contributed by atoms with E-state index in [1.54, 1.807) is 7.11 Å². The third-order valence-electron chi connectivity index (χ3n) is 7.17. The van der Waals surface area contributed by atoms with Gasteiger partial charge in [0.05, 0.1) is 12.1 Å². The van der Waals surface area contributed by atoms with Gasteiger partial charge in [-0.05, 0) is 55.8 Å². The maximum atomic E-state index is 14.1. The topological polar surface area (TPSA) is 71.7 Å². The zero-order valence-corrected chi connectivity index (χ0v) is 24.7. The second kappa shape index (κ2) is 13.3. The predicted molar refractivity (Wildman–Crippen MR) is 164 cm³/mol. The van der Waals surface area contributed by atoms with Crippen LogP contribution in [0.3, 0.4) is 0 Å². The Bertz CT molecular complexity index is 1400. The molecule has 39 heavy (non-hydrogen) atoms. The number of anilines is 1. The lowest BCUT2D eigenvalue weighted by Gasteiger charge is -2.34. The molecule has 0 aliphatic heterocycles. The van der Waals surface area contributed by atoms with E-state index in [0.717, 1.165) is 64.0 Å². The third-order valence-corrected chi connectivity index (χ3v) is 8.83. The van der Waals surface area contributed by atoms with Crippen molar-refractivity contribution in [3.8, 4) is 16.9 Å². The molecule has 0 unspecified atom stereocenters.